The van der Waals surface area contributed by atoms with Gasteiger partial charge in [-0.25, -0.2) is 8.42 Å². The van der Waals surface area contributed by atoms with Gasteiger partial charge in [0.25, 0.3) is 0 Å². The van der Waals surface area contributed by atoms with Gasteiger partial charge in [0.2, 0.25) is 10.0 Å². The fraction of sp³-hybridized carbons (Fsp3) is 0.222. The van der Waals surface area contributed by atoms with Gasteiger partial charge in [-0.2, -0.15) is 30.6 Å². The first-order chi connectivity index (χ1) is 32.2. The minimum Gasteiger partial charge on any atom is -0.308 e. The molecular formula is C54H50F6N4O2S. The summed E-state index contributed by atoms with van der Waals surface area (Å²) in [6, 6.07) is 54.2. The van der Waals surface area contributed by atoms with E-state index in [2.05, 4.69) is 27.2 Å². The molecule has 2 atom stereocenters. The Hall–Kier alpha value is -6.09. The highest BCUT2D eigenvalue weighted by molar-refractivity contribution is 7.89. The van der Waals surface area contributed by atoms with Gasteiger partial charge in [-0.1, -0.05) is 164 Å². The highest BCUT2D eigenvalue weighted by atomic mass is 32.2. The van der Waals surface area contributed by atoms with Gasteiger partial charge in [-0.05, 0) is 68.8 Å². The summed E-state index contributed by atoms with van der Waals surface area (Å²) in [7, 11) is -3.69. The van der Waals surface area contributed by atoms with Crippen LogP contribution in [0.5, 0.6) is 0 Å². The molecule has 2 heterocycles. The Balaban J connectivity index is 0.000000188. The Bertz CT molecular complexity index is 2790. The summed E-state index contributed by atoms with van der Waals surface area (Å²) >= 11 is 0. The summed E-state index contributed by atoms with van der Waals surface area (Å²) in [4.78, 5) is 4.84. The summed E-state index contributed by atoms with van der Waals surface area (Å²) in [5.41, 5.74) is 4.44. The van der Waals surface area contributed by atoms with Gasteiger partial charge in [-0.15, -0.1) is 0 Å². The van der Waals surface area contributed by atoms with Crippen LogP contribution in [0, 0.1) is 0 Å². The first-order valence-corrected chi connectivity index (χ1v) is 23.5. The number of rotatable bonds is 10. The molecule has 2 unspecified atom stereocenters. The fourth-order valence-corrected chi connectivity index (χ4v) is 10.5. The van der Waals surface area contributed by atoms with Crippen molar-refractivity contribution in [1.29, 1.82) is 0 Å². The third kappa shape index (κ3) is 11.7. The first-order valence-electron chi connectivity index (χ1n) is 22.1. The topological polar surface area (TPSA) is 55.9 Å². The van der Waals surface area contributed by atoms with Crippen molar-refractivity contribution in [2.45, 2.75) is 42.4 Å². The molecule has 9 rings (SSSR count). The lowest BCUT2D eigenvalue weighted by Crippen LogP contribution is -2.50. The molecule has 0 amide bonds. The van der Waals surface area contributed by atoms with Crippen LogP contribution >= 0.6 is 0 Å². The first kappa shape index (κ1) is 47.4. The smallest absolute Gasteiger partial charge is 0.308 e. The largest absolute Gasteiger partial charge is 0.417 e. The van der Waals surface area contributed by atoms with Gasteiger partial charge in [-0.3, -0.25) is 9.80 Å². The zero-order valence-corrected chi connectivity index (χ0v) is 37.4. The van der Waals surface area contributed by atoms with Crippen molar-refractivity contribution in [3.63, 3.8) is 0 Å². The standard InChI is InChI=1S/C30H27F3N2O2S.C24H23F3N2/c31-30(32,33)28-14-8-7-13-27(28)24-17-15-23(16-18-24)21-34-19-20-35(29(22-34)25-9-3-1-4-10-25)38(36,37)26-11-5-2-6-12-26;25-24(26,27)22-9-5-4-8-21(22)19-12-10-18(11-13-19)16-29-15-14-28-23(17-29)20-6-2-1-3-7-20/h1-18,29H,19-22H2;1-13,23,28H,14-17H2. The van der Waals surface area contributed by atoms with Crippen molar-refractivity contribution in [3.05, 3.63) is 221 Å². The zero-order chi connectivity index (χ0) is 47.0. The van der Waals surface area contributed by atoms with Crippen LogP contribution < -0.4 is 5.32 Å². The Morgan fingerprint density at radius 1 is 0.478 bits per heavy atom. The normalized spacial score (nSPS) is 17.6. The van der Waals surface area contributed by atoms with Gasteiger partial charge in [0, 0.05) is 58.4 Å². The number of nitrogens with one attached hydrogen (secondary N) is 1. The highest BCUT2D eigenvalue weighted by Crippen LogP contribution is 2.39. The Kier molecular flexibility index (Phi) is 14.7. The van der Waals surface area contributed by atoms with Gasteiger partial charge >= 0.3 is 12.4 Å². The quantitative estimate of drug-likeness (QED) is 0.139. The summed E-state index contributed by atoms with van der Waals surface area (Å²) < 4.78 is 109. The molecule has 0 aliphatic carbocycles. The van der Waals surface area contributed by atoms with E-state index in [4.69, 9.17) is 0 Å². The van der Waals surface area contributed by atoms with Crippen LogP contribution in [0.4, 0.5) is 26.3 Å². The van der Waals surface area contributed by atoms with Crippen LogP contribution in [0.15, 0.2) is 193 Å². The number of hydrogen-bond acceptors (Lipinski definition) is 5. The molecule has 2 fully saturated rings. The number of nitrogens with zero attached hydrogens (tertiary/aromatic N) is 3. The number of hydrogen-bond donors (Lipinski definition) is 1. The van der Waals surface area contributed by atoms with E-state index in [1.165, 1.54) is 29.8 Å². The monoisotopic (exact) mass is 932 g/mol. The number of alkyl halides is 6. The number of sulfonamides is 1. The molecule has 0 saturated carbocycles. The lowest BCUT2D eigenvalue weighted by molar-refractivity contribution is -0.137. The molecule has 2 aliphatic rings. The molecule has 67 heavy (non-hydrogen) atoms. The van der Waals surface area contributed by atoms with Gasteiger partial charge in [0.1, 0.15) is 0 Å². The average Bonchev–Trinajstić information content (AvgIpc) is 3.35. The molecule has 346 valence electrons. The summed E-state index contributed by atoms with van der Waals surface area (Å²) in [5, 5.41) is 3.55. The second-order valence-electron chi connectivity index (χ2n) is 16.7. The Morgan fingerprint density at radius 3 is 1.40 bits per heavy atom. The van der Waals surface area contributed by atoms with Crippen LogP contribution in [-0.2, 0) is 35.5 Å². The number of benzene rings is 7. The van der Waals surface area contributed by atoms with E-state index < -0.39 is 33.5 Å². The molecule has 2 saturated heterocycles. The van der Waals surface area contributed by atoms with Crippen molar-refractivity contribution < 1.29 is 34.8 Å². The van der Waals surface area contributed by atoms with Crippen LogP contribution in [0.2, 0.25) is 0 Å². The third-order valence-corrected chi connectivity index (χ3v) is 14.1. The lowest BCUT2D eigenvalue weighted by Gasteiger charge is -2.41. The van der Waals surface area contributed by atoms with Crippen molar-refractivity contribution in [1.82, 2.24) is 19.4 Å². The summed E-state index contributed by atoms with van der Waals surface area (Å²) in [6.45, 7) is 5.47. The van der Waals surface area contributed by atoms with Crippen molar-refractivity contribution in [3.8, 4) is 22.3 Å². The zero-order valence-electron chi connectivity index (χ0n) is 36.5. The maximum Gasteiger partial charge on any atom is 0.417 e. The van der Waals surface area contributed by atoms with E-state index in [1.807, 2.05) is 72.8 Å². The van der Waals surface area contributed by atoms with Gasteiger partial charge < -0.3 is 5.32 Å². The van der Waals surface area contributed by atoms with E-state index in [-0.39, 0.29) is 22.1 Å². The van der Waals surface area contributed by atoms with Gasteiger partial charge in [0.15, 0.2) is 0 Å². The Morgan fingerprint density at radius 2 is 0.910 bits per heavy atom. The molecule has 13 heteroatoms. The van der Waals surface area contributed by atoms with Gasteiger partial charge in [0.05, 0.1) is 22.1 Å². The fourth-order valence-electron chi connectivity index (χ4n) is 8.85. The van der Waals surface area contributed by atoms with Crippen molar-refractivity contribution in [2.24, 2.45) is 0 Å². The molecule has 2 aliphatic heterocycles. The predicted octanol–water partition coefficient (Wildman–Crippen LogP) is 12.1. The van der Waals surface area contributed by atoms with Crippen molar-refractivity contribution in [2.75, 3.05) is 39.3 Å². The third-order valence-electron chi connectivity index (χ3n) is 12.2. The summed E-state index contributed by atoms with van der Waals surface area (Å²) in [6.07, 6.45) is -8.79. The lowest BCUT2D eigenvalue weighted by atomic mass is 9.98. The predicted molar refractivity (Wildman–Crippen MR) is 251 cm³/mol. The van der Waals surface area contributed by atoms with E-state index in [0.717, 1.165) is 55.0 Å². The van der Waals surface area contributed by atoms with Crippen molar-refractivity contribution >= 4 is 10.0 Å². The molecule has 0 spiro atoms. The molecule has 0 aromatic heterocycles. The molecule has 7 aromatic carbocycles. The van der Waals surface area contributed by atoms with Crippen LogP contribution in [-0.4, -0.2) is 61.8 Å². The van der Waals surface area contributed by atoms with E-state index in [9.17, 15) is 34.8 Å². The SMILES string of the molecule is FC(F)(F)c1ccccc1-c1ccc(CN2CCNC(c3ccccc3)C2)cc1.O=S(=O)(c1ccccc1)N1CCN(Cc2ccc(-c3ccccc3C(F)(F)F)cc2)CC1c1ccccc1. The van der Waals surface area contributed by atoms with E-state index >= 15 is 0 Å². The second-order valence-corrected chi connectivity index (χ2v) is 18.6. The maximum absolute atomic E-state index is 13.5. The van der Waals surface area contributed by atoms with Crippen LogP contribution in [0.25, 0.3) is 22.3 Å². The summed E-state index contributed by atoms with van der Waals surface area (Å²) in [5.74, 6) is 0. The molecule has 6 nitrogen and oxygen atoms in total. The van der Waals surface area contributed by atoms with E-state index in [1.54, 1.807) is 71.0 Å². The minimum atomic E-state index is -4.43. The molecule has 0 bridgehead atoms. The highest BCUT2D eigenvalue weighted by Gasteiger charge is 2.38. The molecule has 7 aromatic rings. The Labute approximate surface area is 388 Å². The van der Waals surface area contributed by atoms with Crippen LogP contribution in [0.1, 0.15) is 45.5 Å². The number of piperazine rings is 2. The molecular weight excluding hydrogens is 883 g/mol. The van der Waals surface area contributed by atoms with Crippen LogP contribution in [0.3, 0.4) is 0 Å². The second kappa shape index (κ2) is 20.8. The maximum atomic E-state index is 13.5. The average molecular weight is 933 g/mol. The minimum absolute atomic E-state index is 0.149. The molecule has 1 N–H and O–H groups in total. The van der Waals surface area contributed by atoms with E-state index in [0.29, 0.717) is 43.3 Å². The number of halogens is 6. The molecule has 0 radical (unpaired) electrons.